The molecule has 2 N–H and O–H groups in total. The van der Waals surface area contributed by atoms with Crippen molar-refractivity contribution in [2.24, 2.45) is 5.41 Å². The van der Waals surface area contributed by atoms with E-state index >= 15 is 0 Å². The predicted octanol–water partition coefficient (Wildman–Crippen LogP) is 5.28. The first kappa shape index (κ1) is 22.5. The van der Waals surface area contributed by atoms with Gasteiger partial charge in [0.25, 0.3) is 0 Å². The van der Waals surface area contributed by atoms with E-state index in [1.54, 1.807) is 35.2 Å². The number of anilines is 3. The van der Waals surface area contributed by atoms with Gasteiger partial charge in [-0.15, -0.1) is 0 Å². The van der Waals surface area contributed by atoms with Crippen LogP contribution < -0.4 is 25.0 Å². The minimum absolute atomic E-state index is 0.0225. The van der Waals surface area contributed by atoms with Crippen LogP contribution in [0.3, 0.4) is 0 Å². The molecule has 7 nitrogen and oxygen atoms in total. The van der Waals surface area contributed by atoms with Crippen molar-refractivity contribution in [3.8, 4) is 11.5 Å². The quantitative estimate of drug-likeness (QED) is 0.592. The third-order valence-corrected chi connectivity index (χ3v) is 5.12. The lowest BCUT2D eigenvalue weighted by atomic mass is 9.93. The van der Waals surface area contributed by atoms with Gasteiger partial charge in [0.1, 0.15) is 18.1 Å². The van der Waals surface area contributed by atoms with E-state index in [1.807, 2.05) is 32.9 Å². The molecule has 0 aliphatic carbocycles. The highest BCUT2D eigenvalue weighted by Gasteiger charge is 2.37. The molecule has 0 atom stereocenters. The monoisotopic (exact) mass is 425 g/mol. The van der Waals surface area contributed by atoms with E-state index in [0.717, 1.165) is 18.6 Å². The maximum absolute atomic E-state index is 12.8. The lowest BCUT2D eigenvalue weighted by Crippen LogP contribution is -2.42. The highest BCUT2D eigenvalue weighted by Crippen LogP contribution is 2.38. The molecule has 0 saturated heterocycles. The van der Waals surface area contributed by atoms with Crippen molar-refractivity contribution in [1.29, 1.82) is 0 Å². The number of amides is 3. The fourth-order valence-electron chi connectivity index (χ4n) is 3.30. The van der Waals surface area contributed by atoms with E-state index in [1.165, 1.54) is 0 Å². The highest BCUT2D eigenvalue weighted by atomic mass is 16.5. The maximum atomic E-state index is 12.8. The lowest BCUT2D eigenvalue weighted by Gasteiger charge is -2.26. The Morgan fingerprint density at radius 2 is 1.77 bits per heavy atom. The minimum Gasteiger partial charge on any atom is -0.494 e. The molecule has 31 heavy (non-hydrogen) atoms. The fourth-order valence-corrected chi connectivity index (χ4v) is 3.30. The van der Waals surface area contributed by atoms with Gasteiger partial charge in [-0.1, -0.05) is 13.3 Å². The third-order valence-electron chi connectivity index (χ3n) is 5.12. The molecule has 0 spiro atoms. The van der Waals surface area contributed by atoms with Crippen LogP contribution in [0.4, 0.5) is 21.9 Å². The zero-order valence-corrected chi connectivity index (χ0v) is 18.7. The summed E-state index contributed by atoms with van der Waals surface area (Å²) in [5.74, 6) is 1.38. The maximum Gasteiger partial charge on any atom is 0.323 e. The van der Waals surface area contributed by atoms with Crippen molar-refractivity contribution in [1.82, 2.24) is 0 Å². The number of hydrogen-bond donors (Lipinski definition) is 2. The third kappa shape index (κ3) is 5.48. The Kier molecular flexibility index (Phi) is 7.05. The van der Waals surface area contributed by atoms with Crippen LogP contribution in [0.2, 0.25) is 0 Å². The molecular weight excluding hydrogens is 394 g/mol. The summed E-state index contributed by atoms with van der Waals surface area (Å²) in [4.78, 5) is 26.9. The van der Waals surface area contributed by atoms with Crippen LogP contribution in [0.1, 0.15) is 40.5 Å². The molecule has 1 aliphatic rings. The van der Waals surface area contributed by atoms with Crippen LogP contribution in [-0.2, 0) is 4.79 Å². The Balaban J connectivity index is 1.65. The fraction of sp³-hybridized carbons (Fsp3) is 0.417. The van der Waals surface area contributed by atoms with Crippen LogP contribution in [0.5, 0.6) is 11.5 Å². The van der Waals surface area contributed by atoms with Crippen LogP contribution >= 0.6 is 0 Å². The topological polar surface area (TPSA) is 79.9 Å². The van der Waals surface area contributed by atoms with Crippen molar-refractivity contribution in [3.63, 3.8) is 0 Å². The Hall–Kier alpha value is -3.22. The SMILES string of the molecule is CCCCOc1ccc(NC(=O)Nc2ccc3c(c2)OCC(C)(C)C(=O)N3CC)cc1. The molecule has 3 rings (SSSR count). The van der Waals surface area contributed by atoms with Crippen LogP contribution in [-0.4, -0.2) is 31.7 Å². The number of carbonyl (C=O) groups excluding carboxylic acids is 2. The van der Waals surface area contributed by atoms with Gasteiger partial charge in [0.15, 0.2) is 0 Å². The van der Waals surface area contributed by atoms with Gasteiger partial charge in [-0.3, -0.25) is 4.79 Å². The second-order valence-electron chi connectivity index (χ2n) is 8.21. The number of rotatable bonds is 7. The van der Waals surface area contributed by atoms with E-state index in [2.05, 4.69) is 17.6 Å². The number of nitrogens with one attached hydrogen (secondary N) is 2. The standard InChI is InChI=1S/C24H31N3O4/c1-5-7-14-30-19-11-8-17(9-12-19)25-23(29)26-18-10-13-20-21(15-18)31-16-24(3,4)22(28)27(20)6-2/h8-13,15H,5-7,14,16H2,1-4H3,(H2,25,26,29). The summed E-state index contributed by atoms with van der Waals surface area (Å²) < 4.78 is 11.5. The summed E-state index contributed by atoms with van der Waals surface area (Å²) in [5, 5.41) is 5.62. The number of hydrogen-bond acceptors (Lipinski definition) is 4. The van der Waals surface area contributed by atoms with Crippen molar-refractivity contribution >= 4 is 29.0 Å². The number of unbranched alkanes of at least 4 members (excludes halogenated alkanes) is 1. The zero-order valence-electron chi connectivity index (χ0n) is 18.7. The molecule has 2 aromatic carbocycles. The van der Waals surface area contributed by atoms with Gasteiger partial charge in [-0.05, 0) is 63.6 Å². The first-order valence-electron chi connectivity index (χ1n) is 10.7. The number of fused-ring (bicyclic) bond motifs is 1. The van der Waals surface area contributed by atoms with Crippen molar-refractivity contribution in [2.75, 3.05) is 35.3 Å². The summed E-state index contributed by atoms with van der Waals surface area (Å²) in [6, 6.07) is 12.2. The Labute approximate surface area is 183 Å². The zero-order chi connectivity index (χ0) is 22.4. The molecule has 0 radical (unpaired) electrons. The van der Waals surface area contributed by atoms with Crippen molar-refractivity contribution < 1.29 is 19.1 Å². The summed E-state index contributed by atoms with van der Waals surface area (Å²) >= 11 is 0. The summed E-state index contributed by atoms with van der Waals surface area (Å²) in [6.07, 6.45) is 2.09. The molecule has 2 aromatic rings. The summed E-state index contributed by atoms with van der Waals surface area (Å²) in [6.45, 7) is 9.30. The molecule has 1 heterocycles. The molecule has 0 saturated carbocycles. The van der Waals surface area contributed by atoms with Gasteiger partial charge in [0.2, 0.25) is 5.91 Å². The average Bonchev–Trinajstić information content (AvgIpc) is 2.84. The van der Waals surface area contributed by atoms with Crippen LogP contribution in [0, 0.1) is 5.41 Å². The predicted molar refractivity (Wildman–Crippen MR) is 123 cm³/mol. The van der Waals surface area contributed by atoms with Gasteiger partial charge in [-0.2, -0.15) is 0 Å². The number of ether oxygens (including phenoxy) is 2. The van der Waals surface area contributed by atoms with E-state index in [0.29, 0.717) is 36.0 Å². The second-order valence-corrected chi connectivity index (χ2v) is 8.21. The van der Waals surface area contributed by atoms with E-state index in [-0.39, 0.29) is 18.5 Å². The number of benzene rings is 2. The number of urea groups is 1. The Morgan fingerprint density at radius 1 is 1.10 bits per heavy atom. The highest BCUT2D eigenvalue weighted by molar-refractivity contribution is 6.02. The van der Waals surface area contributed by atoms with Crippen molar-refractivity contribution in [3.05, 3.63) is 42.5 Å². The van der Waals surface area contributed by atoms with Crippen LogP contribution in [0.15, 0.2) is 42.5 Å². The van der Waals surface area contributed by atoms with E-state index in [9.17, 15) is 9.59 Å². The van der Waals surface area contributed by atoms with Gasteiger partial charge >= 0.3 is 6.03 Å². The van der Waals surface area contributed by atoms with Crippen LogP contribution in [0.25, 0.3) is 0 Å². The first-order chi connectivity index (χ1) is 14.8. The molecule has 3 amide bonds. The molecule has 7 heteroatoms. The van der Waals surface area contributed by atoms with Gasteiger partial charge in [0, 0.05) is 24.0 Å². The molecular formula is C24H31N3O4. The molecule has 1 aliphatic heterocycles. The molecule has 0 aromatic heterocycles. The van der Waals surface area contributed by atoms with Gasteiger partial charge in [-0.25, -0.2) is 4.79 Å². The molecule has 0 unspecified atom stereocenters. The molecule has 166 valence electrons. The lowest BCUT2D eigenvalue weighted by molar-refractivity contribution is -0.127. The Morgan fingerprint density at radius 3 is 2.45 bits per heavy atom. The first-order valence-corrected chi connectivity index (χ1v) is 10.7. The second kappa shape index (κ2) is 9.73. The smallest absolute Gasteiger partial charge is 0.323 e. The summed E-state index contributed by atoms with van der Waals surface area (Å²) in [7, 11) is 0. The number of nitrogens with zero attached hydrogens (tertiary/aromatic N) is 1. The number of carbonyl (C=O) groups is 2. The van der Waals surface area contributed by atoms with E-state index < -0.39 is 5.41 Å². The normalized spacial score (nSPS) is 14.8. The largest absolute Gasteiger partial charge is 0.494 e. The summed E-state index contributed by atoms with van der Waals surface area (Å²) in [5.41, 5.74) is 1.34. The van der Waals surface area contributed by atoms with Gasteiger partial charge < -0.3 is 25.0 Å². The van der Waals surface area contributed by atoms with Crippen molar-refractivity contribution in [2.45, 2.75) is 40.5 Å². The van der Waals surface area contributed by atoms with E-state index in [4.69, 9.17) is 9.47 Å². The molecule has 0 bridgehead atoms. The molecule has 0 fully saturated rings. The average molecular weight is 426 g/mol. The minimum atomic E-state index is -0.619. The Bertz CT molecular complexity index is 925. The van der Waals surface area contributed by atoms with Gasteiger partial charge in [0.05, 0.1) is 17.7 Å².